The van der Waals surface area contributed by atoms with Crippen LogP contribution in [-0.4, -0.2) is 55.9 Å². The number of rotatable bonds is 1. The summed E-state index contributed by atoms with van der Waals surface area (Å²) in [4.78, 5) is 14.3. The van der Waals surface area contributed by atoms with Gasteiger partial charge in [0.25, 0.3) is 5.91 Å². The third-order valence-corrected chi connectivity index (χ3v) is 5.21. The Balaban J connectivity index is 0.00000161. The third-order valence-electron chi connectivity index (χ3n) is 3.94. The second-order valence-electron chi connectivity index (χ2n) is 5.24. The number of aromatic nitrogens is 2. The summed E-state index contributed by atoms with van der Waals surface area (Å²) in [7, 11) is -0.768. The van der Waals surface area contributed by atoms with E-state index in [2.05, 4.69) is 10.4 Å². The summed E-state index contributed by atoms with van der Waals surface area (Å²) in [5.41, 5.74) is 2.56. The molecule has 1 amide bonds. The fourth-order valence-electron chi connectivity index (χ4n) is 2.68. The quantitative estimate of drug-likeness (QED) is 0.534. The van der Waals surface area contributed by atoms with Gasteiger partial charge < -0.3 is 10.2 Å². The number of nitrogens with zero attached hydrogens (tertiary/aromatic N) is 4. The van der Waals surface area contributed by atoms with Gasteiger partial charge in [-0.2, -0.15) is 5.10 Å². The fraction of sp³-hybridized carbons (Fsp3) is 0.692. The summed E-state index contributed by atoms with van der Waals surface area (Å²) < 4.78 is 13.3. The van der Waals surface area contributed by atoms with Crippen molar-refractivity contribution in [2.45, 2.75) is 26.4 Å². The summed E-state index contributed by atoms with van der Waals surface area (Å²) in [6, 6.07) is 0. The van der Waals surface area contributed by atoms with E-state index in [1.165, 1.54) is 0 Å². The minimum absolute atomic E-state index is 0. The maximum atomic E-state index is 12.6. The molecule has 0 spiro atoms. The Morgan fingerprint density at radius 2 is 2.00 bits per heavy atom. The molecule has 0 bridgehead atoms. The van der Waals surface area contributed by atoms with Crippen LogP contribution < -0.4 is 0 Å². The van der Waals surface area contributed by atoms with Crippen molar-refractivity contribution < 1.29 is 40.1 Å². The minimum Gasteiger partial charge on any atom is -0.657 e. The van der Waals surface area contributed by atoms with Gasteiger partial charge in [0.15, 0.2) is 5.69 Å². The first kappa shape index (κ1) is 17.2. The van der Waals surface area contributed by atoms with Crippen LogP contribution in [0.3, 0.4) is 0 Å². The Morgan fingerprint density at radius 3 is 2.71 bits per heavy atom. The van der Waals surface area contributed by atoms with Crippen molar-refractivity contribution in [2.75, 3.05) is 31.1 Å². The Kier molecular flexibility index (Phi) is 6.07. The average molecular weight is 533 g/mol. The minimum atomic E-state index is -0.768. The van der Waals surface area contributed by atoms with Crippen LogP contribution >= 0.6 is 0 Å². The largest absolute Gasteiger partial charge is 0.657 e. The number of hydrogen-bond acceptors (Lipinski definition) is 3. The monoisotopic (exact) mass is 533 g/mol. The van der Waals surface area contributed by atoms with Crippen molar-refractivity contribution in [2.24, 2.45) is 0 Å². The number of fused-ring (bicyclic) bond motifs is 1. The molecule has 2 aliphatic heterocycles. The first-order valence-corrected chi connectivity index (χ1v) is 8.49. The van der Waals surface area contributed by atoms with Gasteiger partial charge in [-0.3, -0.25) is 13.7 Å². The molecule has 0 aliphatic carbocycles. The normalized spacial score (nSPS) is 19.6. The second-order valence-corrected chi connectivity index (χ2v) is 6.94. The van der Waals surface area contributed by atoms with Gasteiger partial charge in [0.2, 0.25) is 0 Å². The molecule has 0 unspecified atom stereocenters. The zero-order valence-electron chi connectivity index (χ0n) is 12.2. The number of amides is 1. The summed E-state index contributed by atoms with van der Waals surface area (Å²) >= 11 is 0. The van der Waals surface area contributed by atoms with Gasteiger partial charge in [0, 0.05) is 84.3 Å². The van der Waals surface area contributed by atoms with Crippen LogP contribution in [0.25, 0.3) is 5.32 Å². The molecule has 21 heavy (non-hydrogen) atoms. The van der Waals surface area contributed by atoms with E-state index in [4.69, 9.17) is 0 Å². The Morgan fingerprint density at radius 1 is 1.29 bits per heavy atom. The second kappa shape index (κ2) is 7.41. The molecular formula is C13H19N4O2SU-. The molecule has 1 fully saturated rings. The molecule has 8 heteroatoms. The summed E-state index contributed by atoms with van der Waals surface area (Å²) in [5, 5.41) is 8.94. The Hall–Kier alpha value is -0.158. The van der Waals surface area contributed by atoms with Crippen molar-refractivity contribution in [1.82, 2.24) is 14.7 Å². The predicted molar refractivity (Wildman–Crippen MR) is 77.3 cm³/mol. The first-order chi connectivity index (χ1) is 9.66. The zero-order valence-corrected chi connectivity index (χ0v) is 17.2. The van der Waals surface area contributed by atoms with E-state index < -0.39 is 10.8 Å². The van der Waals surface area contributed by atoms with Crippen molar-refractivity contribution in [1.29, 1.82) is 0 Å². The average Bonchev–Trinajstić information content (AvgIpc) is 2.64. The number of hydrogen-bond donors (Lipinski definition) is 0. The van der Waals surface area contributed by atoms with E-state index in [0.29, 0.717) is 36.8 Å². The molecule has 114 valence electrons. The molecule has 1 aromatic heterocycles. The zero-order chi connectivity index (χ0) is 14.1. The third kappa shape index (κ3) is 3.61. The molecule has 0 aromatic carbocycles. The van der Waals surface area contributed by atoms with Gasteiger partial charge in [-0.25, -0.2) is 0 Å². The van der Waals surface area contributed by atoms with Gasteiger partial charge in [-0.15, -0.1) is 13.1 Å². The first-order valence-electron chi connectivity index (χ1n) is 7.00. The van der Waals surface area contributed by atoms with Crippen LogP contribution in [-0.2, 0) is 23.9 Å². The fourth-order valence-corrected chi connectivity index (χ4v) is 3.73. The SMILES string of the molecule is Cc1c(C(=O)N2CCS(=O)CC2)nn2c1C[N-]CCC2.[U]. The van der Waals surface area contributed by atoms with Crippen LogP contribution in [0.5, 0.6) is 0 Å². The van der Waals surface area contributed by atoms with Crippen molar-refractivity contribution in [3.63, 3.8) is 0 Å². The van der Waals surface area contributed by atoms with Crippen LogP contribution in [0, 0.1) is 38.0 Å². The summed E-state index contributed by atoms with van der Waals surface area (Å²) in [6.07, 6.45) is 0.977. The molecular weight excluding hydrogens is 514 g/mol. The van der Waals surface area contributed by atoms with Crippen LogP contribution in [0.2, 0.25) is 0 Å². The number of carbonyl (C=O) groups excluding carboxylic acids is 1. The molecule has 1 aromatic rings. The van der Waals surface area contributed by atoms with E-state index >= 15 is 0 Å². The van der Waals surface area contributed by atoms with E-state index in [1.54, 1.807) is 4.90 Å². The van der Waals surface area contributed by atoms with Crippen LogP contribution in [0.4, 0.5) is 0 Å². The summed E-state index contributed by atoms with van der Waals surface area (Å²) in [5.74, 6) is 1.13. The molecule has 0 atom stereocenters. The van der Waals surface area contributed by atoms with Crippen molar-refractivity contribution >= 4 is 16.7 Å². The van der Waals surface area contributed by atoms with E-state index in [-0.39, 0.29) is 37.0 Å². The topological polar surface area (TPSA) is 69.3 Å². The summed E-state index contributed by atoms with van der Waals surface area (Å²) in [6.45, 7) is 5.43. The molecule has 3 heterocycles. The molecule has 0 N–H and O–H groups in total. The molecule has 1 saturated heterocycles. The van der Waals surface area contributed by atoms with E-state index in [1.807, 2.05) is 11.6 Å². The van der Waals surface area contributed by atoms with Gasteiger partial charge in [0.1, 0.15) is 0 Å². The Bertz CT molecular complexity index is 551. The van der Waals surface area contributed by atoms with Crippen LogP contribution in [0.15, 0.2) is 0 Å². The van der Waals surface area contributed by atoms with E-state index in [0.717, 1.165) is 30.8 Å². The molecule has 6 nitrogen and oxygen atoms in total. The van der Waals surface area contributed by atoms with Crippen molar-refractivity contribution in [3.05, 3.63) is 22.3 Å². The molecule has 0 radical (unpaired) electrons. The van der Waals surface area contributed by atoms with Crippen molar-refractivity contribution in [3.8, 4) is 0 Å². The number of carbonyl (C=O) groups is 1. The predicted octanol–water partition coefficient (Wildman–Crippen LogP) is 0.673. The molecule has 3 rings (SSSR count). The maximum Gasteiger partial charge on any atom is 0.274 e. The van der Waals surface area contributed by atoms with Gasteiger partial charge >= 0.3 is 0 Å². The smallest absolute Gasteiger partial charge is 0.274 e. The van der Waals surface area contributed by atoms with E-state index in [9.17, 15) is 9.00 Å². The number of aryl methyl sites for hydroxylation is 1. The van der Waals surface area contributed by atoms with Crippen LogP contribution in [0.1, 0.15) is 28.2 Å². The maximum absolute atomic E-state index is 12.6. The molecule has 2 aliphatic rings. The van der Waals surface area contributed by atoms with Gasteiger partial charge in [-0.1, -0.05) is 6.42 Å². The van der Waals surface area contributed by atoms with Gasteiger partial charge in [-0.05, 0) is 6.92 Å². The molecule has 0 saturated carbocycles. The standard InChI is InChI=1S/C13H19N4O2S.U/c1-10-11-9-14-3-2-4-17(11)15-12(10)13(18)16-5-7-20(19)8-6-16;/h2-9H2,1H3;/q-1;. The van der Waals surface area contributed by atoms with Gasteiger partial charge in [0.05, 0.1) is 0 Å². The Labute approximate surface area is 150 Å².